The summed E-state index contributed by atoms with van der Waals surface area (Å²) in [5.41, 5.74) is 1.30. The molecule has 0 bridgehead atoms. The van der Waals surface area contributed by atoms with Crippen LogP contribution in [-0.4, -0.2) is 32.3 Å². The number of hydrogen-bond acceptors (Lipinski definition) is 3. The Hall–Kier alpha value is -1.55. The lowest BCUT2D eigenvalue weighted by Crippen LogP contribution is -3.12. The summed E-state index contributed by atoms with van der Waals surface area (Å²) < 4.78 is 11.0. The van der Waals surface area contributed by atoms with E-state index in [2.05, 4.69) is 31.2 Å². The van der Waals surface area contributed by atoms with Crippen molar-refractivity contribution in [3.63, 3.8) is 0 Å². The maximum atomic E-state index is 12.0. The standard InChI is InChI=1S/C21H33NO3/c1-3-5-6-7-15-25-20-12-10-18(11-13-20)16-22-14-8-9-19(17-22)21(23)24-4-2/h10-13,19H,3-9,14-17H2,1-2H3/p+1/t19-/m1/s1. The molecule has 1 aromatic rings. The van der Waals surface area contributed by atoms with Gasteiger partial charge in [0.1, 0.15) is 18.2 Å². The molecule has 0 radical (unpaired) electrons. The second kappa shape index (κ2) is 11.1. The molecule has 1 aliphatic rings. The van der Waals surface area contributed by atoms with E-state index in [1.54, 1.807) is 0 Å². The summed E-state index contributed by atoms with van der Waals surface area (Å²) in [5.74, 6) is 0.999. The molecule has 1 N–H and O–H groups in total. The van der Waals surface area contributed by atoms with Crippen LogP contribution in [0.15, 0.2) is 24.3 Å². The lowest BCUT2D eigenvalue weighted by atomic mass is 9.98. The van der Waals surface area contributed by atoms with Gasteiger partial charge in [0.15, 0.2) is 0 Å². The molecule has 1 heterocycles. The van der Waals surface area contributed by atoms with Gasteiger partial charge in [-0.2, -0.15) is 0 Å². The van der Waals surface area contributed by atoms with Crippen LogP contribution < -0.4 is 9.64 Å². The quantitative estimate of drug-likeness (QED) is 0.522. The van der Waals surface area contributed by atoms with Crippen LogP contribution in [0.1, 0.15) is 57.9 Å². The Morgan fingerprint density at radius 2 is 1.96 bits per heavy atom. The van der Waals surface area contributed by atoms with E-state index in [1.807, 2.05) is 6.92 Å². The maximum Gasteiger partial charge on any atom is 0.314 e. The number of hydrogen-bond donors (Lipinski definition) is 1. The average Bonchev–Trinajstić information content (AvgIpc) is 2.63. The number of quaternary nitrogens is 1. The molecule has 4 heteroatoms. The van der Waals surface area contributed by atoms with E-state index in [0.717, 1.165) is 51.3 Å². The SMILES string of the molecule is CCCCCCOc1ccc(C[NH+]2CCC[C@@H](C(=O)OCC)C2)cc1. The average molecular weight is 349 g/mol. The summed E-state index contributed by atoms with van der Waals surface area (Å²) in [6.07, 6.45) is 6.97. The zero-order valence-corrected chi connectivity index (χ0v) is 15.9. The first-order valence-electron chi connectivity index (χ1n) is 9.94. The van der Waals surface area contributed by atoms with Gasteiger partial charge in [-0.15, -0.1) is 0 Å². The summed E-state index contributed by atoms with van der Waals surface area (Å²) in [6.45, 7) is 8.35. The Kier molecular flexibility index (Phi) is 8.81. The smallest absolute Gasteiger partial charge is 0.314 e. The van der Waals surface area contributed by atoms with Crippen molar-refractivity contribution in [2.24, 2.45) is 5.92 Å². The van der Waals surface area contributed by atoms with Crippen LogP contribution in [0.25, 0.3) is 0 Å². The second-order valence-electron chi connectivity index (χ2n) is 7.03. The number of carbonyl (C=O) groups excluding carboxylic acids is 1. The van der Waals surface area contributed by atoms with Gasteiger partial charge >= 0.3 is 5.97 Å². The summed E-state index contributed by atoms with van der Waals surface area (Å²) in [6, 6.07) is 8.45. The van der Waals surface area contributed by atoms with E-state index in [0.29, 0.717) is 6.61 Å². The summed E-state index contributed by atoms with van der Waals surface area (Å²) in [5, 5.41) is 0. The van der Waals surface area contributed by atoms with Crippen LogP contribution in [0.5, 0.6) is 5.75 Å². The molecule has 2 rings (SSSR count). The third kappa shape index (κ3) is 7.07. The minimum atomic E-state index is -0.0217. The summed E-state index contributed by atoms with van der Waals surface area (Å²) in [4.78, 5) is 13.4. The Labute approximate surface area is 152 Å². The number of piperidine rings is 1. The molecule has 1 fully saturated rings. The number of nitrogens with one attached hydrogen (secondary N) is 1. The van der Waals surface area contributed by atoms with Crippen molar-refractivity contribution in [3.05, 3.63) is 29.8 Å². The molecule has 1 aliphatic heterocycles. The first-order valence-corrected chi connectivity index (χ1v) is 9.94. The van der Waals surface area contributed by atoms with Crippen molar-refractivity contribution in [1.29, 1.82) is 0 Å². The maximum absolute atomic E-state index is 12.0. The van der Waals surface area contributed by atoms with Crippen LogP contribution >= 0.6 is 0 Å². The molecule has 1 unspecified atom stereocenters. The zero-order chi connectivity index (χ0) is 17.9. The monoisotopic (exact) mass is 348 g/mol. The zero-order valence-electron chi connectivity index (χ0n) is 15.9. The van der Waals surface area contributed by atoms with Crippen molar-refractivity contribution >= 4 is 5.97 Å². The van der Waals surface area contributed by atoms with E-state index >= 15 is 0 Å². The molecule has 0 amide bonds. The van der Waals surface area contributed by atoms with Gasteiger partial charge in [0.05, 0.1) is 26.3 Å². The predicted molar refractivity (Wildman–Crippen MR) is 99.8 cm³/mol. The highest BCUT2D eigenvalue weighted by atomic mass is 16.5. The third-order valence-corrected chi connectivity index (χ3v) is 4.88. The molecule has 4 nitrogen and oxygen atoms in total. The number of carbonyl (C=O) groups is 1. The van der Waals surface area contributed by atoms with Crippen molar-refractivity contribution < 1.29 is 19.2 Å². The molecule has 0 aromatic heterocycles. The van der Waals surface area contributed by atoms with Crippen molar-refractivity contribution in [2.45, 2.75) is 58.9 Å². The Balaban J connectivity index is 1.75. The van der Waals surface area contributed by atoms with Crippen LogP contribution in [-0.2, 0) is 16.1 Å². The normalized spacial score (nSPS) is 20.2. The van der Waals surface area contributed by atoms with Crippen molar-refractivity contribution in [2.75, 3.05) is 26.3 Å². The number of ether oxygens (including phenoxy) is 2. The molecule has 140 valence electrons. The van der Waals surface area contributed by atoms with E-state index in [1.165, 1.54) is 29.7 Å². The van der Waals surface area contributed by atoms with Crippen LogP contribution in [0, 0.1) is 5.92 Å². The van der Waals surface area contributed by atoms with E-state index in [-0.39, 0.29) is 11.9 Å². The molecule has 0 saturated carbocycles. The van der Waals surface area contributed by atoms with E-state index in [4.69, 9.17) is 9.47 Å². The summed E-state index contributed by atoms with van der Waals surface area (Å²) in [7, 11) is 0. The predicted octanol–water partition coefficient (Wildman–Crippen LogP) is 3.00. The topological polar surface area (TPSA) is 40.0 Å². The fraction of sp³-hybridized carbons (Fsp3) is 0.667. The number of esters is 1. The molecule has 0 aliphatic carbocycles. The first kappa shape index (κ1) is 19.8. The molecule has 1 saturated heterocycles. The highest BCUT2D eigenvalue weighted by Crippen LogP contribution is 2.14. The number of unbranched alkanes of at least 4 members (excludes halogenated alkanes) is 3. The van der Waals surface area contributed by atoms with Gasteiger partial charge in [-0.25, -0.2) is 0 Å². The fourth-order valence-corrected chi connectivity index (χ4v) is 3.48. The van der Waals surface area contributed by atoms with Crippen molar-refractivity contribution in [1.82, 2.24) is 0 Å². The van der Waals surface area contributed by atoms with Crippen molar-refractivity contribution in [3.8, 4) is 5.75 Å². The minimum Gasteiger partial charge on any atom is -0.494 e. The first-order chi connectivity index (χ1) is 12.2. The molecule has 0 spiro atoms. The Morgan fingerprint density at radius 3 is 2.68 bits per heavy atom. The highest BCUT2D eigenvalue weighted by molar-refractivity contribution is 5.72. The van der Waals surface area contributed by atoms with Gasteiger partial charge in [-0.3, -0.25) is 4.79 Å². The van der Waals surface area contributed by atoms with Gasteiger partial charge in [0.2, 0.25) is 0 Å². The van der Waals surface area contributed by atoms with E-state index < -0.39 is 0 Å². The minimum absolute atomic E-state index is 0.0217. The van der Waals surface area contributed by atoms with Gasteiger partial charge in [0, 0.05) is 5.56 Å². The Bertz CT molecular complexity index is 500. The largest absolute Gasteiger partial charge is 0.494 e. The van der Waals surface area contributed by atoms with Gasteiger partial charge in [-0.1, -0.05) is 26.2 Å². The number of benzene rings is 1. The fourth-order valence-electron chi connectivity index (χ4n) is 3.48. The number of likely N-dealkylation sites (tertiary alicyclic amines) is 1. The highest BCUT2D eigenvalue weighted by Gasteiger charge is 2.29. The van der Waals surface area contributed by atoms with Crippen LogP contribution in [0.2, 0.25) is 0 Å². The van der Waals surface area contributed by atoms with Crippen LogP contribution in [0.3, 0.4) is 0 Å². The second-order valence-corrected chi connectivity index (χ2v) is 7.03. The van der Waals surface area contributed by atoms with Gasteiger partial charge < -0.3 is 14.4 Å². The lowest BCUT2D eigenvalue weighted by Gasteiger charge is -2.28. The molecular formula is C21H34NO3+. The molecule has 2 atom stereocenters. The molecule has 1 aromatic carbocycles. The lowest BCUT2D eigenvalue weighted by molar-refractivity contribution is -0.921. The third-order valence-electron chi connectivity index (χ3n) is 4.88. The molecule has 25 heavy (non-hydrogen) atoms. The van der Waals surface area contributed by atoms with E-state index in [9.17, 15) is 4.79 Å². The van der Waals surface area contributed by atoms with Crippen LogP contribution in [0.4, 0.5) is 0 Å². The number of rotatable bonds is 10. The summed E-state index contributed by atoms with van der Waals surface area (Å²) >= 11 is 0. The van der Waals surface area contributed by atoms with Gasteiger partial charge in [-0.05, 0) is 50.5 Å². The van der Waals surface area contributed by atoms with Gasteiger partial charge in [0.25, 0.3) is 0 Å². The molecular weight excluding hydrogens is 314 g/mol. The Morgan fingerprint density at radius 1 is 1.16 bits per heavy atom.